The molecule has 2 aliphatic rings. The van der Waals surface area contributed by atoms with Gasteiger partial charge in [0, 0.05) is 27.0 Å². The van der Waals surface area contributed by atoms with E-state index in [1.165, 1.54) is 25.3 Å². The first-order chi connectivity index (χ1) is 6.93. The van der Waals surface area contributed by atoms with E-state index in [4.69, 9.17) is 9.47 Å². The lowest BCUT2D eigenvalue weighted by atomic mass is 9.82. The second-order valence-electron chi connectivity index (χ2n) is 6.43. The largest absolute Gasteiger partial charge is 0.353 e. The number of hydrogen-bond acceptors (Lipinski definition) is 2. The predicted molar refractivity (Wildman–Crippen MR) is 64.7 cm³/mol. The highest BCUT2D eigenvalue weighted by atomic mass is 28.3. The van der Waals surface area contributed by atoms with Crippen LogP contribution in [0.3, 0.4) is 0 Å². The van der Waals surface area contributed by atoms with Crippen molar-refractivity contribution in [1.82, 2.24) is 0 Å². The second kappa shape index (κ2) is 3.57. The van der Waals surface area contributed by atoms with Gasteiger partial charge < -0.3 is 9.47 Å². The van der Waals surface area contributed by atoms with Gasteiger partial charge in [-0.2, -0.15) is 0 Å². The summed E-state index contributed by atoms with van der Waals surface area (Å²) in [5, 5.41) is 0. The molecule has 2 nitrogen and oxygen atoms in total. The van der Waals surface area contributed by atoms with Gasteiger partial charge in [-0.15, -0.1) is 0 Å². The van der Waals surface area contributed by atoms with Crippen molar-refractivity contribution < 1.29 is 9.47 Å². The van der Waals surface area contributed by atoms with E-state index in [1.807, 2.05) is 7.11 Å². The van der Waals surface area contributed by atoms with Gasteiger partial charge in [0.25, 0.3) is 0 Å². The maximum Gasteiger partial charge on any atom is 0.173 e. The van der Waals surface area contributed by atoms with Crippen LogP contribution in [0.2, 0.25) is 25.7 Å². The Labute approximate surface area is 94.4 Å². The maximum absolute atomic E-state index is 5.96. The van der Waals surface area contributed by atoms with Crippen molar-refractivity contribution in [1.29, 1.82) is 0 Å². The van der Waals surface area contributed by atoms with Crippen LogP contribution < -0.4 is 0 Å². The molecule has 0 radical (unpaired) electrons. The standard InChI is InChI=1S/C12H24O2Si/c1-13-12-7-5-6-11(12,8-9-14-12)10-15(2,3)4/h5-10H2,1-4H3. The summed E-state index contributed by atoms with van der Waals surface area (Å²) in [6, 6.07) is 1.36. The van der Waals surface area contributed by atoms with Gasteiger partial charge in [0.05, 0.1) is 6.61 Å². The molecule has 0 amide bonds. The third kappa shape index (κ3) is 1.79. The molecule has 1 saturated heterocycles. The Hall–Kier alpha value is 0.137. The molecule has 1 saturated carbocycles. The van der Waals surface area contributed by atoms with Gasteiger partial charge >= 0.3 is 0 Å². The molecule has 1 aliphatic carbocycles. The molecular formula is C12H24O2Si. The van der Waals surface area contributed by atoms with E-state index in [2.05, 4.69) is 19.6 Å². The number of fused-ring (bicyclic) bond motifs is 1. The van der Waals surface area contributed by atoms with E-state index in [-0.39, 0.29) is 5.79 Å². The van der Waals surface area contributed by atoms with Crippen molar-refractivity contribution in [2.45, 2.75) is 57.2 Å². The number of methoxy groups -OCH3 is 1. The van der Waals surface area contributed by atoms with Gasteiger partial charge in [-0.25, -0.2) is 0 Å². The van der Waals surface area contributed by atoms with Crippen LogP contribution in [0.1, 0.15) is 25.7 Å². The SMILES string of the molecule is COC12CCCC1(C[Si](C)(C)C)CCO2. The van der Waals surface area contributed by atoms with E-state index in [0.29, 0.717) is 5.41 Å². The monoisotopic (exact) mass is 228 g/mol. The van der Waals surface area contributed by atoms with Crippen LogP contribution in [0.25, 0.3) is 0 Å². The fourth-order valence-electron chi connectivity index (χ4n) is 3.77. The molecule has 2 fully saturated rings. The molecule has 1 aliphatic heterocycles. The van der Waals surface area contributed by atoms with Gasteiger partial charge in [-0.1, -0.05) is 19.6 Å². The maximum atomic E-state index is 5.96. The molecular weight excluding hydrogens is 204 g/mol. The zero-order valence-corrected chi connectivity index (χ0v) is 11.6. The minimum Gasteiger partial charge on any atom is -0.353 e. The predicted octanol–water partition coefficient (Wildman–Crippen LogP) is 3.26. The van der Waals surface area contributed by atoms with Gasteiger partial charge in [0.2, 0.25) is 0 Å². The van der Waals surface area contributed by atoms with Crippen LogP contribution in [0, 0.1) is 5.41 Å². The molecule has 3 heteroatoms. The molecule has 1 heterocycles. The summed E-state index contributed by atoms with van der Waals surface area (Å²) in [6.45, 7) is 8.27. The molecule has 0 N–H and O–H groups in total. The first kappa shape index (κ1) is 11.6. The molecule has 0 aromatic rings. The molecule has 0 aromatic heterocycles. The van der Waals surface area contributed by atoms with Crippen molar-refractivity contribution in [3.05, 3.63) is 0 Å². The zero-order valence-electron chi connectivity index (χ0n) is 10.6. The molecule has 88 valence electrons. The van der Waals surface area contributed by atoms with Crippen LogP contribution in [-0.4, -0.2) is 27.6 Å². The van der Waals surface area contributed by atoms with Gasteiger partial charge in [-0.3, -0.25) is 0 Å². The summed E-state index contributed by atoms with van der Waals surface area (Å²) in [5.74, 6) is -0.215. The summed E-state index contributed by atoms with van der Waals surface area (Å²) >= 11 is 0. The smallest absolute Gasteiger partial charge is 0.173 e. The fraction of sp³-hybridized carbons (Fsp3) is 1.00. The van der Waals surface area contributed by atoms with Gasteiger partial charge in [-0.05, 0) is 25.3 Å². The first-order valence-corrected chi connectivity index (χ1v) is 9.83. The molecule has 0 spiro atoms. The number of rotatable bonds is 3. The van der Waals surface area contributed by atoms with Crippen LogP contribution in [0.15, 0.2) is 0 Å². The Morgan fingerprint density at radius 3 is 2.53 bits per heavy atom. The second-order valence-corrected chi connectivity index (χ2v) is 11.9. The van der Waals surface area contributed by atoms with Crippen molar-refractivity contribution >= 4 is 8.07 Å². The fourth-order valence-corrected chi connectivity index (χ4v) is 6.42. The average Bonchev–Trinajstić information content (AvgIpc) is 2.55. The third-order valence-corrected chi connectivity index (χ3v) is 5.82. The van der Waals surface area contributed by atoms with Crippen LogP contribution in [0.4, 0.5) is 0 Å². The topological polar surface area (TPSA) is 18.5 Å². The number of hydrogen-bond donors (Lipinski definition) is 0. The lowest BCUT2D eigenvalue weighted by molar-refractivity contribution is -0.227. The molecule has 0 aromatic carbocycles. The Morgan fingerprint density at radius 1 is 1.20 bits per heavy atom. The van der Waals surface area contributed by atoms with Crippen LogP contribution in [-0.2, 0) is 9.47 Å². The van der Waals surface area contributed by atoms with Crippen LogP contribution in [0.5, 0.6) is 0 Å². The first-order valence-electron chi connectivity index (χ1n) is 6.12. The normalized spacial score (nSPS) is 40.8. The van der Waals surface area contributed by atoms with Crippen molar-refractivity contribution in [3.63, 3.8) is 0 Å². The lowest BCUT2D eigenvalue weighted by Gasteiger charge is -2.41. The molecule has 2 rings (SSSR count). The molecule has 0 bridgehead atoms. The number of ether oxygens (including phenoxy) is 2. The summed E-state index contributed by atoms with van der Waals surface area (Å²) in [7, 11) is 0.788. The summed E-state index contributed by atoms with van der Waals surface area (Å²) in [5.41, 5.74) is 0.353. The van der Waals surface area contributed by atoms with Gasteiger partial charge in [0.15, 0.2) is 5.79 Å². The van der Waals surface area contributed by atoms with Gasteiger partial charge in [0.1, 0.15) is 0 Å². The summed E-state index contributed by atoms with van der Waals surface area (Å²) in [6.07, 6.45) is 4.91. The molecule has 2 atom stereocenters. The van der Waals surface area contributed by atoms with Crippen molar-refractivity contribution in [3.8, 4) is 0 Å². The minimum absolute atomic E-state index is 0.215. The van der Waals surface area contributed by atoms with Crippen LogP contribution >= 0.6 is 0 Å². The quantitative estimate of drug-likeness (QED) is 0.690. The van der Waals surface area contributed by atoms with Crippen molar-refractivity contribution in [2.75, 3.05) is 13.7 Å². The third-order valence-electron chi connectivity index (χ3n) is 4.08. The Balaban J connectivity index is 2.24. The molecule has 2 unspecified atom stereocenters. The average molecular weight is 228 g/mol. The zero-order chi connectivity index (χ0) is 11.2. The highest BCUT2D eigenvalue weighted by Gasteiger charge is 2.60. The van der Waals surface area contributed by atoms with Crippen molar-refractivity contribution in [2.24, 2.45) is 5.41 Å². The van der Waals surface area contributed by atoms with E-state index in [1.54, 1.807) is 0 Å². The Morgan fingerprint density at radius 2 is 1.93 bits per heavy atom. The summed E-state index contributed by atoms with van der Waals surface area (Å²) in [4.78, 5) is 0. The Bertz CT molecular complexity index is 234. The lowest BCUT2D eigenvalue weighted by Crippen LogP contribution is -2.46. The highest BCUT2D eigenvalue weighted by molar-refractivity contribution is 6.76. The van der Waals surface area contributed by atoms with E-state index < -0.39 is 8.07 Å². The van der Waals surface area contributed by atoms with E-state index >= 15 is 0 Å². The minimum atomic E-state index is -1.04. The summed E-state index contributed by atoms with van der Waals surface area (Å²) < 4.78 is 11.7. The molecule has 15 heavy (non-hydrogen) atoms. The highest BCUT2D eigenvalue weighted by Crippen LogP contribution is 2.59. The van der Waals surface area contributed by atoms with E-state index in [9.17, 15) is 0 Å². The van der Waals surface area contributed by atoms with E-state index in [0.717, 1.165) is 13.0 Å². The Kier molecular flexibility index (Phi) is 2.77.